The van der Waals surface area contributed by atoms with Gasteiger partial charge >= 0.3 is 5.97 Å². The molecule has 0 aliphatic carbocycles. The van der Waals surface area contributed by atoms with Gasteiger partial charge in [-0.15, -0.1) is 26.3 Å². The van der Waals surface area contributed by atoms with E-state index >= 15 is 0 Å². The number of aliphatic carboxylic acids is 1. The standard InChI is InChI=1S/C7H14.C4H8O2.3C3H6/c1-3-5-7-6-4-2;1-2-3-4(5)6;3*1-3-2/h3H,1,4-7H2,2H3;2-3H2,1H3,(H,5,6);3*3H,1H2,2H3. The maximum Gasteiger partial charge on any atom is 0.303 e. The van der Waals surface area contributed by atoms with Crippen LogP contribution in [0, 0.1) is 0 Å². The summed E-state index contributed by atoms with van der Waals surface area (Å²) in [5.74, 6) is -0.711. The topological polar surface area (TPSA) is 37.3 Å². The Morgan fingerprint density at radius 2 is 1.23 bits per heavy atom. The van der Waals surface area contributed by atoms with Crippen LogP contribution >= 0.6 is 0 Å². The summed E-state index contributed by atoms with van der Waals surface area (Å²) in [6, 6.07) is 0. The Hall–Kier alpha value is -1.57. The Morgan fingerprint density at radius 1 is 0.864 bits per heavy atom. The lowest BCUT2D eigenvalue weighted by Crippen LogP contribution is -1.90. The van der Waals surface area contributed by atoms with E-state index in [1.807, 2.05) is 33.8 Å². The molecule has 0 saturated heterocycles. The van der Waals surface area contributed by atoms with Crippen LogP contribution in [-0.2, 0) is 4.79 Å². The molecule has 0 aromatic heterocycles. The number of hydrogen-bond donors (Lipinski definition) is 1. The third-order valence-corrected chi connectivity index (χ3v) is 1.48. The zero-order valence-corrected chi connectivity index (χ0v) is 15.7. The normalized spacial score (nSPS) is 6.77. The molecule has 22 heavy (non-hydrogen) atoms. The quantitative estimate of drug-likeness (QED) is 0.416. The number of hydrogen-bond acceptors (Lipinski definition) is 1. The van der Waals surface area contributed by atoms with E-state index in [1.165, 1.54) is 25.7 Å². The molecule has 0 amide bonds. The maximum atomic E-state index is 9.60. The van der Waals surface area contributed by atoms with Gasteiger partial charge < -0.3 is 5.11 Å². The zero-order chi connectivity index (χ0) is 18.6. The maximum absolute atomic E-state index is 9.60. The third kappa shape index (κ3) is 190. The first-order valence-corrected chi connectivity index (χ1v) is 7.97. The number of carboxylic acid groups (broad SMARTS) is 1. The summed E-state index contributed by atoms with van der Waals surface area (Å²) in [5.41, 5.74) is 0. The number of unbranched alkanes of at least 4 members (excludes halogenated alkanes) is 3. The van der Waals surface area contributed by atoms with Gasteiger partial charge in [0, 0.05) is 6.42 Å². The van der Waals surface area contributed by atoms with Gasteiger partial charge in [0.1, 0.15) is 0 Å². The molecule has 2 nitrogen and oxygen atoms in total. The molecule has 0 rings (SSSR count). The van der Waals surface area contributed by atoms with Gasteiger partial charge in [-0.3, -0.25) is 4.79 Å². The van der Waals surface area contributed by atoms with Crippen molar-refractivity contribution in [1.29, 1.82) is 0 Å². The summed E-state index contributed by atoms with van der Waals surface area (Å²) in [4.78, 5) is 9.60. The van der Waals surface area contributed by atoms with E-state index < -0.39 is 5.97 Å². The molecule has 0 aromatic carbocycles. The predicted molar refractivity (Wildman–Crippen MR) is 104 cm³/mol. The highest BCUT2D eigenvalue weighted by Crippen LogP contribution is 1.97. The van der Waals surface area contributed by atoms with Crippen LogP contribution < -0.4 is 0 Å². The van der Waals surface area contributed by atoms with E-state index in [2.05, 4.69) is 33.2 Å². The van der Waals surface area contributed by atoms with Gasteiger partial charge in [-0.2, -0.15) is 0 Å². The van der Waals surface area contributed by atoms with Crippen molar-refractivity contribution in [3.8, 4) is 0 Å². The van der Waals surface area contributed by atoms with Crippen molar-refractivity contribution in [3.05, 3.63) is 50.6 Å². The van der Waals surface area contributed by atoms with Crippen LogP contribution in [0.5, 0.6) is 0 Å². The highest BCUT2D eigenvalue weighted by molar-refractivity contribution is 5.66. The Balaban J connectivity index is -0.0000000583. The minimum absolute atomic E-state index is 0.292. The van der Waals surface area contributed by atoms with Crippen LogP contribution in [0.15, 0.2) is 50.6 Å². The second-order valence-electron chi connectivity index (χ2n) is 4.15. The van der Waals surface area contributed by atoms with Crippen molar-refractivity contribution in [2.75, 3.05) is 0 Å². The number of allylic oxidation sites excluding steroid dienone is 4. The highest BCUT2D eigenvalue weighted by Gasteiger charge is 1.87. The summed E-state index contributed by atoms with van der Waals surface area (Å²) in [7, 11) is 0. The first kappa shape index (κ1) is 32.4. The van der Waals surface area contributed by atoms with E-state index in [9.17, 15) is 4.79 Å². The van der Waals surface area contributed by atoms with Crippen LogP contribution in [0.25, 0.3) is 0 Å². The number of carbonyl (C=O) groups is 1. The van der Waals surface area contributed by atoms with Crippen LogP contribution in [0.4, 0.5) is 0 Å². The summed E-state index contributed by atoms with van der Waals surface area (Å²) in [6.07, 6.45) is 13.4. The molecule has 132 valence electrons. The van der Waals surface area contributed by atoms with Gasteiger partial charge in [0.15, 0.2) is 0 Å². The summed E-state index contributed by atoms with van der Waals surface area (Å²) in [5, 5.41) is 7.91. The molecule has 0 atom stereocenters. The zero-order valence-electron chi connectivity index (χ0n) is 15.7. The molecule has 0 fully saturated rings. The lowest BCUT2D eigenvalue weighted by atomic mass is 10.2. The molecule has 0 bridgehead atoms. The molecular weight excluding hydrogens is 272 g/mol. The fourth-order valence-corrected chi connectivity index (χ4v) is 0.753. The fourth-order valence-electron chi connectivity index (χ4n) is 0.753. The van der Waals surface area contributed by atoms with Crippen LogP contribution in [0.2, 0.25) is 0 Å². The van der Waals surface area contributed by atoms with E-state index in [-0.39, 0.29) is 0 Å². The van der Waals surface area contributed by atoms with Crippen molar-refractivity contribution in [3.63, 3.8) is 0 Å². The Kier molecular flexibility index (Phi) is 74.4. The van der Waals surface area contributed by atoms with Gasteiger partial charge in [-0.05, 0) is 40.0 Å². The summed E-state index contributed by atoms with van der Waals surface area (Å²) in [6.45, 7) is 23.4. The van der Waals surface area contributed by atoms with Crippen molar-refractivity contribution < 1.29 is 9.90 Å². The molecule has 1 N–H and O–H groups in total. The SMILES string of the molecule is C=CC.C=CC.C=CC.C=CCCCCC.CCCC(=O)O. The lowest BCUT2D eigenvalue weighted by molar-refractivity contribution is -0.137. The van der Waals surface area contributed by atoms with Crippen molar-refractivity contribution >= 4 is 5.97 Å². The number of rotatable bonds is 6. The van der Waals surface area contributed by atoms with Gasteiger partial charge in [0.2, 0.25) is 0 Å². The molecule has 0 saturated carbocycles. The molecule has 0 heterocycles. The first-order chi connectivity index (χ1) is 10.4. The highest BCUT2D eigenvalue weighted by atomic mass is 16.4. The molecule has 0 spiro atoms. The average Bonchev–Trinajstić information content (AvgIpc) is 2.42. The first-order valence-electron chi connectivity index (χ1n) is 7.97. The molecular formula is C20H40O2. The van der Waals surface area contributed by atoms with Crippen molar-refractivity contribution in [2.24, 2.45) is 0 Å². The Morgan fingerprint density at radius 3 is 1.36 bits per heavy atom. The molecule has 0 aliphatic heterocycles. The van der Waals surface area contributed by atoms with E-state index in [0.717, 1.165) is 6.42 Å². The van der Waals surface area contributed by atoms with Crippen molar-refractivity contribution in [2.45, 2.75) is 73.1 Å². The molecule has 0 radical (unpaired) electrons. The van der Waals surface area contributed by atoms with Gasteiger partial charge in [0.05, 0.1) is 0 Å². The van der Waals surface area contributed by atoms with Gasteiger partial charge in [-0.25, -0.2) is 0 Å². The molecule has 2 heteroatoms. The average molecular weight is 313 g/mol. The molecule has 0 aliphatic rings. The smallest absolute Gasteiger partial charge is 0.303 e. The Labute approximate surface area is 140 Å². The van der Waals surface area contributed by atoms with E-state index in [0.29, 0.717) is 6.42 Å². The minimum Gasteiger partial charge on any atom is -0.481 e. The van der Waals surface area contributed by atoms with Gasteiger partial charge in [0.25, 0.3) is 0 Å². The van der Waals surface area contributed by atoms with E-state index in [1.54, 1.807) is 18.2 Å². The Bertz CT molecular complexity index is 203. The fraction of sp³-hybridized carbons (Fsp3) is 0.550. The van der Waals surface area contributed by atoms with E-state index in [4.69, 9.17) is 5.11 Å². The van der Waals surface area contributed by atoms with Crippen LogP contribution in [0.1, 0.15) is 73.1 Å². The predicted octanol–water partition coefficient (Wildman–Crippen LogP) is 7.20. The summed E-state index contributed by atoms with van der Waals surface area (Å²) >= 11 is 0. The second-order valence-corrected chi connectivity index (χ2v) is 4.15. The summed E-state index contributed by atoms with van der Waals surface area (Å²) < 4.78 is 0. The molecule has 0 unspecified atom stereocenters. The molecule has 0 aromatic rings. The van der Waals surface area contributed by atoms with Gasteiger partial charge in [-0.1, -0.05) is 51.0 Å². The van der Waals surface area contributed by atoms with Crippen LogP contribution in [0.3, 0.4) is 0 Å². The second kappa shape index (κ2) is 50.5. The lowest BCUT2D eigenvalue weighted by Gasteiger charge is -1.87. The van der Waals surface area contributed by atoms with Crippen molar-refractivity contribution in [1.82, 2.24) is 0 Å². The van der Waals surface area contributed by atoms with Crippen LogP contribution in [-0.4, -0.2) is 11.1 Å². The largest absolute Gasteiger partial charge is 0.481 e. The monoisotopic (exact) mass is 312 g/mol. The third-order valence-electron chi connectivity index (χ3n) is 1.48. The number of carboxylic acids is 1. The minimum atomic E-state index is -0.711.